The van der Waals surface area contributed by atoms with Crippen LogP contribution in [0.3, 0.4) is 0 Å². The summed E-state index contributed by atoms with van der Waals surface area (Å²) in [6, 6.07) is 3.42. The lowest BCUT2D eigenvalue weighted by molar-refractivity contribution is 0.475. The fourth-order valence-corrected chi connectivity index (χ4v) is 1.47. The Labute approximate surface area is 81.9 Å². The first kappa shape index (κ1) is 9.69. The van der Waals surface area contributed by atoms with Gasteiger partial charge in [-0.15, -0.1) is 11.6 Å². The fourth-order valence-electron chi connectivity index (χ4n) is 1.08. The van der Waals surface area contributed by atoms with Crippen LogP contribution in [0.2, 0.25) is 5.02 Å². The third-order valence-corrected chi connectivity index (χ3v) is 2.26. The Morgan fingerprint density at radius 3 is 2.67 bits per heavy atom. The molecule has 0 atom stereocenters. The number of rotatable bonds is 2. The molecule has 12 heavy (non-hydrogen) atoms. The lowest BCUT2D eigenvalue weighted by Gasteiger charge is -2.05. The summed E-state index contributed by atoms with van der Waals surface area (Å²) in [4.78, 5) is 0. The number of hydrogen-bond acceptors (Lipinski definition) is 1. The van der Waals surface area contributed by atoms with Crippen LogP contribution in [0.25, 0.3) is 0 Å². The number of hydrogen-bond donors (Lipinski definition) is 1. The van der Waals surface area contributed by atoms with E-state index in [2.05, 4.69) is 0 Å². The molecule has 0 aliphatic rings. The zero-order valence-corrected chi connectivity index (χ0v) is 8.28. The minimum Gasteiger partial charge on any atom is -0.506 e. The highest BCUT2D eigenvalue weighted by Crippen LogP contribution is 2.26. The highest BCUT2D eigenvalue weighted by molar-refractivity contribution is 6.32. The van der Waals surface area contributed by atoms with Gasteiger partial charge in [-0.2, -0.15) is 0 Å². The van der Waals surface area contributed by atoms with Crippen LogP contribution in [0.5, 0.6) is 5.75 Å². The van der Waals surface area contributed by atoms with E-state index < -0.39 is 0 Å². The van der Waals surface area contributed by atoms with Gasteiger partial charge in [-0.25, -0.2) is 0 Å². The number of alkyl halides is 1. The van der Waals surface area contributed by atoms with E-state index >= 15 is 0 Å². The predicted molar refractivity (Wildman–Crippen MR) is 52.3 cm³/mol. The fraction of sp³-hybridized carbons (Fsp3) is 0.333. The average Bonchev–Trinajstić information content (AvgIpc) is 2.01. The van der Waals surface area contributed by atoms with Crippen molar-refractivity contribution >= 4 is 23.2 Å². The van der Waals surface area contributed by atoms with Gasteiger partial charge in [0.2, 0.25) is 0 Å². The van der Waals surface area contributed by atoms with Crippen molar-refractivity contribution < 1.29 is 5.11 Å². The Hall–Kier alpha value is -0.400. The SMILES string of the molecule is Cc1cc(O)c(Cl)cc1CCCl. The van der Waals surface area contributed by atoms with E-state index in [1.807, 2.05) is 6.92 Å². The van der Waals surface area contributed by atoms with E-state index in [4.69, 9.17) is 23.2 Å². The Balaban J connectivity index is 3.05. The van der Waals surface area contributed by atoms with Crippen molar-refractivity contribution in [3.05, 3.63) is 28.3 Å². The molecule has 0 aromatic heterocycles. The smallest absolute Gasteiger partial charge is 0.134 e. The first-order valence-corrected chi connectivity index (χ1v) is 4.60. The predicted octanol–water partition coefficient (Wildman–Crippen LogP) is 3.14. The van der Waals surface area contributed by atoms with Crippen LogP contribution in [-0.4, -0.2) is 11.0 Å². The summed E-state index contributed by atoms with van der Waals surface area (Å²) in [7, 11) is 0. The van der Waals surface area contributed by atoms with Gasteiger partial charge in [-0.1, -0.05) is 11.6 Å². The van der Waals surface area contributed by atoms with Crippen molar-refractivity contribution in [2.24, 2.45) is 0 Å². The Kier molecular flexibility index (Phi) is 3.24. The molecule has 1 N–H and O–H groups in total. The number of aromatic hydroxyl groups is 1. The van der Waals surface area contributed by atoms with Gasteiger partial charge in [0.25, 0.3) is 0 Å². The molecule has 1 aromatic carbocycles. The summed E-state index contributed by atoms with van der Waals surface area (Å²) in [5, 5.41) is 9.62. The van der Waals surface area contributed by atoms with Crippen molar-refractivity contribution in [3.63, 3.8) is 0 Å². The van der Waals surface area contributed by atoms with Crippen LogP contribution < -0.4 is 0 Å². The second-order valence-corrected chi connectivity index (χ2v) is 3.45. The average molecular weight is 205 g/mol. The van der Waals surface area contributed by atoms with Gasteiger partial charge in [0.05, 0.1) is 5.02 Å². The maximum Gasteiger partial charge on any atom is 0.134 e. The molecule has 0 aliphatic heterocycles. The quantitative estimate of drug-likeness (QED) is 0.735. The first-order valence-electron chi connectivity index (χ1n) is 3.69. The minimum atomic E-state index is 0.132. The lowest BCUT2D eigenvalue weighted by Crippen LogP contribution is -1.90. The second-order valence-electron chi connectivity index (χ2n) is 2.67. The normalized spacial score (nSPS) is 10.2. The maximum atomic E-state index is 9.23. The molecule has 1 rings (SSSR count). The zero-order chi connectivity index (χ0) is 9.14. The molecule has 1 nitrogen and oxygen atoms in total. The summed E-state index contributed by atoms with van der Waals surface area (Å²) in [5.74, 6) is 0.703. The monoisotopic (exact) mass is 204 g/mol. The molecule has 0 amide bonds. The molecule has 0 fully saturated rings. The molecule has 0 radical (unpaired) electrons. The minimum absolute atomic E-state index is 0.132. The summed E-state index contributed by atoms with van der Waals surface area (Å²) in [6.07, 6.45) is 0.785. The van der Waals surface area contributed by atoms with Gasteiger partial charge >= 0.3 is 0 Å². The number of benzene rings is 1. The van der Waals surface area contributed by atoms with Gasteiger partial charge in [0.1, 0.15) is 5.75 Å². The zero-order valence-electron chi connectivity index (χ0n) is 6.77. The topological polar surface area (TPSA) is 20.2 Å². The molecular formula is C9H10Cl2O. The van der Waals surface area contributed by atoms with E-state index in [0.717, 1.165) is 17.5 Å². The van der Waals surface area contributed by atoms with Gasteiger partial charge < -0.3 is 5.11 Å². The van der Waals surface area contributed by atoms with E-state index in [1.54, 1.807) is 12.1 Å². The van der Waals surface area contributed by atoms with Crippen LogP contribution in [0, 0.1) is 6.92 Å². The van der Waals surface area contributed by atoms with Gasteiger partial charge in [0, 0.05) is 5.88 Å². The van der Waals surface area contributed by atoms with Crippen molar-refractivity contribution in [1.29, 1.82) is 0 Å². The third kappa shape index (κ3) is 2.05. The van der Waals surface area contributed by atoms with Crippen molar-refractivity contribution in [2.75, 3.05) is 5.88 Å². The Morgan fingerprint density at radius 1 is 1.42 bits per heavy atom. The molecule has 3 heteroatoms. The molecule has 0 unspecified atom stereocenters. The van der Waals surface area contributed by atoms with Crippen molar-refractivity contribution in [1.82, 2.24) is 0 Å². The molecule has 0 spiro atoms. The standard InChI is InChI=1S/C9H10Cl2O/c1-6-4-9(12)8(11)5-7(6)2-3-10/h4-5,12H,2-3H2,1H3. The molecular weight excluding hydrogens is 195 g/mol. The van der Waals surface area contributed by atoms with Gasteiger partial charge in [-0.3, -0.25) is 0 Å². The van der Waals surface area contributed by atoms with Gasteiger partial charge in [-0.05, 0) is 36.6 Å². The van der Waals surface area contributed by atoms with Crippen molar-refractivity contribution in [3.8, 4) is 5.75 Å². The molecule has 0 saturated heterocycles. The summed E-state index contributed by atoms with van der Waals surface area (Å²) in [6.45, 7) is 1.93. The van der Waals surface area contributed by atoms with Gasteiger partial charge in [0.15, 0.2) is 0 Å². The maximum absolute atomic E-state index is 9.23. The van der Waals surface area contributed by atoms with Crippen LogP contribution in [0.4, 0.5) is 0 Å². The van der Waals surface area contributed by atoms with E-state index in [-0.39, 0.29) is 5.75 Å². The molecule has 1 aromatic rings. The number of halogens is 2. The van der Waals surface area contributed by atoms with E-state index in [9.17, 15) is 5.11 Å². The Bertz CT molecular complexity index is 284. The number of aryl methyl sites for hydroxylation is 2. The summed E-state index contributed by atoms with van der Waals surface area (Å²) < 4.78 is 0. The molecule has 0 heterocycles. The van der Waals surface area contributed by atoms with E-state index in [1.165, 1.54) is 0 Å². The Morgan fingerprint density at radius 2 is 2.08 bits per heavy atom. The third-order valence-electron chi connectivity index (χ3n) is 1.77. The van der Waals surface area contributed by atoms with Crippen LogP contribution in [0.15, 0.2) is 12.1 Å². The largest absolute Gasteiger partial charge is 0.506 e. The molecule has 0 saturated carbocycles. The molecule has 0 aliphatic carbocycles. The first-order chi connectivity index (χ1) is 5.65. The second kappa shape index (κ2) is 4.01. The highest BCUT2D eigenvalue weighted by Gasteiger charge is 2.03. The number of phenolic OH excluding ortho intramolecular Hbond substituents is 1. The van der Waals surface area contributed by atoms with Crippen LogP contribution in [-0.2, 0) is 6.42 Å². The summed E-state index contributed by atoms with van der Waals surface area (Å²) in [5.41, 5.74) is 2.12. The van der Waals surface area contributed by atoms with Crippen molar-refractivity contribution in [2.45, 2.75) is 13.3 Å². The highest BCUT2D eigenvalue weighted by atomic mass is 35.5. The summed E-state index contributed by atoms with van der Waals surface area (Å²) >= 11 is 11.3. The van der Waals surface area contributed by atoms with E-state index in [0.29, 0.717) is 10.9 Å². The van der Waals surface area contributed by atoms with Crippen LogP contribution >= 0.6 is 23.2 Å². The van der Waals surface area contributed by atoms with Crippen LogP contribution in [0.1, 0.15) is 11.1 Å². The molecule has 0 bridgehead atoms. The lowest BCUT2D eigenvalue weighted by atomic mass is 10.1. The molecule has 66 valence electrons. The number of phenols is 1.